The van der Waals surface area contributed by atoms with Crippen LogP contribution in [0.4, 0.5) is 0 Å². The summed E-state index contributed by atoms with van der Waals surface area (Å²) >= 11 is 0. The molecule has 1 N–H and O–H groups in total. The van der Waals surface area contributed by atoms with Crippen LogP contribution in [0, 0.1) is 5.92 Å². The molecule has 0 heterocycles. The van der Waals surface area contributed by atoms with Gasteiger partial charge >= 0.3 is 0 Å². The lowest BCUT2D eigenvalue weighted by Gasteiger charge is -2.21. The van der Waals surface area contributed by atoms with Crippen molar-refractivity contribution in [1.29, 1.82) is 0 Å². The van der Waals surface area contributed by atoms with E-state index < -0.39 is 6.29 Å². The second kappa shape index (κ2) is 13.4. The molecule has 0 aromatic rings. The zero-order valence-electron chi connectivity index (χ0n) is 12.8. The smallest absolute Gasteiger partial charge is 0.157 e. The van der Waals surface area contributed by atoms with Crippen molar-refractivity contribution in [1.82, 2.24) is 0 Å². The third-order valence-corrected chi connectivity index (χ3v) is 3.64. The standard InChI is InChI=1S/C16H34O2/c1-4-7-9-10-11-12-14-18-16(17)15(6-3)13-8-5-2/h15-17H,4-14H2,1-3H3. The average molecular weight is 258 g/mol. The van der Waals surface area contributed by atoms with Gasteiger partial charge in [-0.25, -0.2) is 0 Å². The van der Waals surface area contributed by atoms with Gasteiger partial charge in [0.25, 0.3) is 0 Å². The van der Waals surface area contributed by atoms with E-state index in [1.807, 2.05) is 0 Å². The van der Waals surface area contributed by atoms with Crippen molar-refractivity contribution >= 4 is 0 Å². The zero-order chi connectivity index (χ0) is 13.6. The highest BCUT2D eigenvalue weighted by Gasteiger charge is 2.16. The molecule has 2 nitrogen and oxygen atoms in total. The van der Waals surface area contributed by atoms with Gasteiger partial charge < -0.3 is 9.84 Å². The Kier molecular flexibility index (Phi) is 13.3. The molecule has 0 spiro atoms. The van der Waals surface area contributed by atoms with Gasteiger partial charge in [-0.1, -0.05) is 65.7 Å². The Labute approximate surface area is 114 Å². The molecular formula is C16H34O2. The van der Waals surface area contributed by atoms with Crippen LogP contribution in [0.3, 0.4) is 0 Å². The van der Waals surface area contributed by atoms with Crippen LogP contribution in [0.2, 0.25) is 0 Å². The van der Waals surface area contributed by atoms with E-state index in [1.54, 1.807) is 0 Å². The third kappa shape index (κ3) is 9.90. The molecule has 2 unspecified atom stereocenters. The van der Waals surface area contributed by atoms with Crippen LogP contribution < -0.4 is 0 Å². The maximum Gasteiger partial charge on any atom is 0.157 e. The van der Waals surface area contributed by atoms with Gasteiger partial charge in [0.15, 0.2) is 6.29 Å². The van der Waals surface area contributed by atoms with Crippen LogP contribution in [0.5, 0.6) is 0 Å². The molecule has 0 aliphatic heterocycles. The predicted molar refractivity (Wildman–Crippen MR) is 78.6 cm³/mol. The van der Waals surface area contributed by atoms with E-state index in [-0.39, 0.29) is 0 Å². The molecule has 0 aromatic heterocycles. The number of unbranched alkanes of at least 4 members (excludes halogenated alkanes) is 6. The maximum atomic E-state index is 9.95. The number of aliphatic hydroxyl groups is 1. The number of hydrogen-bond acceptors (Lipinski definition) is 2. The zero-order valence-corrected chi connectivity index (χ0v) is 12.8. The molecule has 2 atom stereocenters. The number of ether oxygens (including phenoxy) is 1. The second-order valence-electron chi connectivity index (χ2n) is 5.34. The summed E-state index contributed by atoms with van der Waals surface area (Å²) in [5.41, 5.74) is 0. The van der Waals surface area contributed by atoms with Gasteiger partial charge in [0.2, 0.25) is 0 Å². The Morgan fingerprint density at radius 3 is 2.06 bits per heavy atom. The minimum Gasteiger partial charge on any atom is -0.368 e. The molecule has 0 aliphatic rings. The van der Waals surface area contributed by atoms with Gasteiger partial charge in [-0.2, -0.15) is 0 Å². The monoisotopic (exact) mass is 258 g/mol. The Hall–Kier alpha value is -0.0800. The van der Waals surface area contributed by atoms with Gasteiger partial charge in [-0.15, -0.1) is 0 Å². The topological polar surface area (TPSA) is 29.5 Å². The van der Waals surface area contributed by atoms with Gasteiger partial charge in [-0.3, -0.25) is 0 Å². The summed E-state index contributed by atoms with van der Waals surface area (Å²) in [5, 5.41) is 9.95. The predicted octanol–water partition coefficient (Wildman–Crippen LogP) is 4.90. The van der Waals surface area contributed by atoms with E-state index >= 15 is 0 Å². The molecule has 110 valence electrons. The first-order valence-corrected chi connectivity index (χ1v) is 8.05. The summed E-state index contributed by atoms with van der Waals surface area (Å²) in [6.45, 7) is 7.28. The molecule has 18 heavy (non-hydrogen) atoms. The van der Waals surface area contributed by atoms with Crippen LogP contribution in [0.1, 0.15) is 85.0 Å². The Balaban J connectivity index is 3.46. The molecule has 0 aromatic carbocycles. The fourth-order valence-electron chi connectivity index (χ4n) is 2.24. The SMILES string of the molecule is CCCCCCCCOC(O)C(CC)CCCC. The number of aliphatic hydroxyl groups excluding tert-OH is 1. The molecule has 0 saturated heterocycles. The van der Waals surface area contributed by atoms with E-state index in [2.05, 4.69) is 20.8 Å². The normalized spacial score (nSPS) is 14.7. The maximum absolute atomic E-state index is 9.95. The lowest BCUT2D eigenvalue weighted by molar-refractivity contribution is -0.137. The van der Waals surface area contributed by atoms with Gasteiger partial charge in [-0.05, 0) is 19.3 Å². The fraction of sp³-hybridized carbons (Fsp3) is 1.00. The van der Waals surface area contributed by atoms with E-state index in [9.17, 15) is 5.11 Å². The molecule has 2 heteroatoms. The third-order valence-electron chi connectivity index (χ3n) is 3.64. The lowest BCUT2D eigenvalue weighted by Crippen LogP contribution is -2.23. The van der Waals surface area contributed by atoms with Gasteiger partial charge in [0.1, 0.15) is 0 Å². The van der Waals surface area contributed by atoms with Crippen molar-refractivity contribution in [2.24, 2.45) is 5.92 Å². The van der Waals surface area contributed by atoms with Crippen LogP contribution in [0.15, 0.2) is 0 Å². The second-order valence-corrected chi connectivity index (χ2v) is 5.34. The Morgan fingerprint density at radius 1 is 0.833 bits per heavy atom. The molecular weight excluding hydrogens is 224 g/mol. The number of hydrogen-bond donors (Lipinski definition) is 1. The summed E-state index contributed by atoms with van der Waals surface area (Å²) in [6, 6.07) is 0. The van der Waals surface area contributed by atoms with Crippen molar-refractivity contribution in [2.45, 2.75) is 91.3 Å². The highest BCUT2D eigenvalue weighted by molar-refractivity contribution is 4.60. The van der Waals surface area contributed by atoms with E-state index in [0.717, 1.165) is 25.9 Å². The molecule has 0 fully saturated rings. The molecule has 0 amide bonds. The van der Waals surface area contributed by atoms with Crippen molar-refractivity contribution in [3.05, 3.63) is 0 Å². The lowest BCUT2D eigenvalue weighted by atomic mass is 9.99. The van der Waals surface area contributed by atoms with Crippen LogP contribution in [-0.2, 0) is 4.74 Å². The first-order valence-electron chi connectivity index (χ1n) is 8.05. The first kappa shape index (κ1) is 17.9. The van der Waals surface area contributed by atoms with Crippen molar-refractivity contribution < 1.29 is 9.84 Å². The first-order chi connectivity index (χ1) is 8.76. The molecule has 0 bridgehead atoms. The van der Waals surface area contributed by atoms with Crippen molar-refractivity contribution in [2.75, 3.05) is 6.61 Å². The molecule has 0 aliphatic carbocycles. The van der Waals surface area contributed by atoms with Crippen LogP contribution in [0.25, 0.3) is 0 Å². The van der Waals surface area contributed by atoms with Crippen molar-refractivity contribution in [3.8, 4) is 0 Å². The van der Waals surface area contributed by atoms with E-state index in [1.165, 1.54) is 44.9 Å². The van der Waals surface area contributed by atoms with E-state index in [4.69, 9.17) is 4.74 Å². The molecule has 0 radical (unpaired) electrons. The fourth-order valence-corrected chi connectivity index (χ4v) is 2.24. The minimum absolute atomic E-state index is 0.324. The Morgan fingerprint density at radius 2 is 1.44 bits per heavy atom. The van der Waals surface area contributed by atoms with Crippen LogP contribution >= 0.6 is 0 Å². The average Bonchev–Trinajstić information content (AvgIpc) is 2.38. The summed E-state index contributed by atoms with van der Waals surface area (Å²) in [7, 11) is 0. The summed E-state index contributed by atoms with van der Waals surface area (Å²) < 4.78 is 5.55. The summed E-state index contributed by atoms with van der Waals surface area (Å²) in [6.07, 6.45) is 11.6. The van der Waals surface area contributed by atoms with Crippen molar-refractivity contribution in [3.63, 3.8) is 0 Å². The largest absolute Gasteiger partial charge is 0.368 e. The minimum atomic E-state index is -0.544. The Bertz CT molecular complexity index is 159. The number of rotatable bonds is 13. The molecule has 0 rings (SSSR count). The van der Waals surface area contributed by atoms with Crippen LogP contribution in [-0.4, -0.2) is 18.0 Å². The van der Waals surface area contributed by atoms with E-state index in [0.29, 0.717) is 5.92 Å². The van der Waals surface area contributed by atoms with Gasteiger partial charge in [0.05, 0.1) is 0 Å². The summed E-state index contributed by atoms with van der Waals surface area (Å²) in [4.78, 5) is 0. The molecule has 0 saturated carbocycles. The highest BCUT2D eigenvalue weighted by atomic mass is 16.6. The van der Waals surface area contributed by atoms with Gasteiger partial charge in [0, 0.05) is 12.5 Å². The quantitative estimate of drug-likeness (QED) is 0.376. The summed E-state index contributed by atoms with van der Waals surface area (Å²) in [5.74, 6) is 0.324. The highest BCUT2D eigenvalue weighted by Crippen LogP contribution is 2.18.